The fraction of sp³-hybridized carbons (Fsp3) is 0.750. The molecule has 0 amide bonds. The van der Waals surface area contributed by atoms with Gasteiger partial charge in [0.25, 0.3) is 0 Å². The quantitative estimate of drug-likeness (QED) is 0.330. The van der Waals surface area contributed by atoms with Gasteiger partial charge in [-0.2, -0.15) is 0 Å². The van der Waals surface area contributed by atoms with Gasteiger partial charge in [-0.3, -0.25) is 31.7 Å². The summed E-state index contributed by atoms with van der Waals surface area (Å²) < 4.78 is 2.90. The number of hydrazine groups is 2. The summed E-state index contributed by atoms with van der Waals surface area (Å²) in [6.45, 7) is 8.27. The summed E-state index contributed by atoms with van der Waals surface area (Å²) >= 11 is 0. The molecule has 0 saturated heterocycles. The molecule has 116 valence electrons. The normalized spacial score (nSPS) is 14.8. The van der Waals surface area contributed by atoms with Crippen LogP contribution in [0.3, 0.4) is 0 Å². The number of rotatable bonds is 7. The van der Waals surface area contributed by atoms with Gasteiger partial charge in [0.15, 0.2) is 0 Å². The first kappa shape index (κ1) is 16.7. The summed E-state index contributed by atoms with van der Waals surface area (Å²) in [5.74, 6) is 10.7. The van der Waals surface area contributed by atoms with Crippen molar-refractivity contribution in [3.8, 4) is 5.88 Å². The summed E-state index contributed by atoms with van der Waals surface area (Å²) in [5, 5.41) is 10.3. The smallest absolute Gasteiger partial charge is 0.331 e. The van der Waals surface area contributed by atoms with E-state index in [-0.39, 0.29) is 29.6 Å². The van der Waals surface area contributed by atoms with E-state index in [9.17, 15) is 9.90 Å². The average molecular weight is 286 g/mol. The van der Waals surface area contributed by atoms with Crippen molar-refractivity contribution >= 4 is 0 Å². The van der Waals surface area contributed by atoms with Crippen LogP contribution in [0, 0.1) is 0 Å². The molecule has 0 fully saturated rings. The van der Waals surface area contributed by atoms with Crippen molar-refractivity contribution in [2.24, 2.45) is 11.7 Å². The van der Waals surface area contributed by atoms with E-state index < -0.39 is 0 Å². The van der Waals surface area contributed by atoms with Crippen molar-refractivity contribution in [2.75, 3.05) is 0 Å². The number of aromatic nitrogens is 2. The lowest BCUT2D eigenvalue weighted by Gasteiger charge is -2.14. The summed E-state index contributed by atoms with van der Waals surface area (Å²) in [6, 6.07) is -0.204. The van der Waals surface area contributed by atoms with E-state index >= 15 is 0 Å². The zero-order valence-electron chi connectivity index (χ0n) is 12.6. The molecule has 20 heavy (non-hydrogen) atoms. The van der Waals surface area contributed by atoms with Gasteiger partial charge in [-0.1, -0.05) is 13.8 Å². The zero-order valence-corrected chi connectivity index (χ0v) is 12.6. The Morgan fingerprint density at radius 2 is 1.50 bits per heavy atom. The van der Waals surface area contributed by atoms with E-state index in [1.807, 2.05) is 27.7 Å². The molecule has 1 heterocycles. The van der Waals surface area contributed by atoms with Crippen LogP contribution in [0.15, 0.2) is 4.79 Å². The molecule has 8 heteroatoms. The molecule has 1 aromatic rings. The second-order valence-electron chi connectivity index (χ2n) is 5.50. The topological polar surface area (TPSA) is 123 Å². The van der Waals surface area contributed by atoms with Crippen LogP contribution in [0.25, 0.3) is 0 Å². The molecule has 2 unspecified atom stereocenters. The molecule has 8 nitrogen and oxygen atoms in total. The molecule has 0 aromatic carbocycles. The molecule has 0 saturated carbocycles. The maximum absolute atomic E-state index is 12.4. The van der Waals surface area contributed by atoms with Gasteiger partial charge in [-0.05, 0) is 19.8 Å². The van der Waals surface area contributed by atoms with E-state index in [0.717, 1.165) is 0 Å². The van der Waals surface area contributed by atoms with E-state index in [1.54, 1.807) is 4.57 Å². The molecule has 0 bridgehead atoms. The molecule has 0 radical (unpaired) electrons. The first-order chi connectivity index (χ1) is 9.33. The molecular formula is C12H26N6O2. The van der Waals surface area contributed by atoms with Gasteiger partial charge in [0, 0.05) is 25.2 Å². The highest BCUT2D eigenvalue weighted by Gasteiger charge is 2.23. The summed E-state index contributed by atoms with van der Waals surface area (Å²) in [7, 11) is 0. The standard InChI is InChI=1S/C12H26N6O2/c1-7(2)10-11(19)18(6-9(4)16-14)12(20)17(10)5-8(3)15-13/h7-9,15-16,19H,5-6,13-14H2,1-4H3. The van der Waals surface area contributed by atoms with Crippen LogP contribution in [0.2, 0.25) is 0 Å². The monoisotopic (exact) mass is 286 g/mol. The molecule has 7 N–H and O–H groups in total. The van der Waals surface area contributed by atoms with E-state index in [1.165, 1.54) is 4.57 Å². The fourth-order valence-electron chi connectivity index (χ4n) is 2.16. The van der Waals surface area contributed by atoms with Crippen molar-refractivity contribution in [2.45, 2.75) is 58.8 Å². The second-order valence-corrected chi connectivity index (χ2v) is 5.50. The van der Waals surface area contributed by atoms with E-state index in [0.29, 0.717) is 18.8 Å². The molecule has 0 aliphatic heterocycles. The van der Waals surface area contributed by atoms with Crippen molar-refractivity contribution in [1.29, 1.82) is 0 Å². The van der Waals surface area contributed by atoms with Crippen LogP contribution < -0.4 is 28.2 Å². The van der Waals surface area contributed by atoms with Crippen LogP contribution in [-0.2, 0) is 13.1 Å². The number of hydrogen-bond donors (Lipinski definition) is 5. The van der Waals surface area contributed by atoms with Gasteiger partial charge in [-0.15, -0.1) is 0 Å². The minimum Gasteiger partial charge on any atom is -0.493 e. The first-order valence-corrected chi connectivity index (χ1v) is 6.77. The maximum atomic E-state index is 12.4. The Kier molecular flexibility index (Phi) is 5.75. The lowest BCUT2D eigenvalue weighted by Crippen LogP contribution is -2.41. The minimum absolute atomic E-state index is 0.00341. The first-order valence-electron chi connectivity index (χ1n) is 6.77. The number of aromatic hydroxyl groups is 1. The van der Waals surface area contributed by atoms with Gasteiger partial charge in [0.05, 0.1) is 5.69 Å². The number of hydrogen-bond acceptors (Lipinski definition) is 6. The summed E-state index contributed by atoms with van der Waals surface area (Å²) in [4.78, 5) is 12.4. The number of nitrogens with zero attached hydrogens (tertiary/aromatic N) is 2. The third-order valence-electron chi connectivity index (χ3n) is 3.27. The van der Waals surface area contributed by atoms with Gasteiger partial charge in [0.2, 0.25) is 5.88 Å². The van der Waals surface area contributed by atoms with Crippen molar-refractivity contribution < 1.29 is 5.11 Å². The Labute approximate surface area is 118 Å². The zero-order chi connectivity index (χ0) is 15.4. The molecule has 1 aromatic heterocycles. The number of nitrogens with one attached hydrogen (secondary N) is 2. The van der Waals surface area contributed by atoms with Crippen LogP contribution in [0.5, 0.6) is 5.88 Å². The molecule has 0 aliphatic rings. The van der Waals surface area contributed by atoms with Crippen LogP contribution >= 0.6 is 0 Å². The average Bonchev–Trinajstić information content (AvgIpc) is 2.62. The molecule has 1 rings (SSSR count). The molecule has 0 spiro atoms. The predicted molar refractivity (Wildman–Crippen MR) is 78.0 cm³/mol. The highest BCUT2D eigenvalue weighted by Crippen LogP contribution is 2.24. The second kappa shape index (κ2) is 6.89. The van der Waals surface area contributed by atoms with Crippen molar-refractivity contribution in [3.63, 3.8) is 0 Å². The summed E-state index contributed by atoms with van der Waals surface area (Å²) in [6.07, 6.45) is 0. The molecular weight excluding hydrogens is 260 g/mol. The Bertz CT molecular complexity index is 493. The largest absolute Gasteiger partial charge is 0.493 e. The SMILES string of the molecule is CC(Cn1c(O)c(C(C)C)n(CC(C)NN)c1=O)NN. The van der Waals surface area contributed by atoms with Gasteiger partial charge in [-0.25, -0.2) is 4.79 Å². The minimum atomic E-state index is -0.254. The molecule has 0 aliphatic carbocycles. The third-order valence-corrected chi connectivity index (χ3v) is 3.27. The number of nitrogens with two attached hydrogens (primary N) is 2. The van der Waals surface area contributed by atoms with E-state index in [4.69, 9.17) is 11.7 Å². The van der Waals surface area contributed by atoms with E-state index in [2.05, 4.69) is 10.9 Å². The fourth-order valence-corrected chi connectivity index (χ4v) is 2.16. The lowest BCUT2D eigenvalue weighted by molar-refractivity contribution is 0.382. The van der Waals surface area contributed by atoms with Gasteiger partial charge < -0.3 is 5.11 Å². The Hall–Kier alpha value is -1.35. The predicted octanol–water partition coefficient (Wildman–Crippen LogP) is -0.818. The Morgan fingerprint density at radius 1 is 1.05 bits per heavy atom. The highest BCUT2D eigenvalue weighted by molar-refractivity contribution is 5.24. The van der Waals surface area contributed by atoms with Crippen molar-refractivity contribution in [1.82, 2.24) is 20.0 Å². The van der Waals surface area contributed by atoms with Crippen molar-refractivity contribution in [3.05, 3.63) is 16.2 Å². The maximum Gasteiger partial charge on any atom is 0.331 e. The third kappa shape index (κ3) is 3.40. The van der Waals surface area contributed by atoms with Gasteiger partial charge in [0.1, 0.15) is 0 Å². The lowest BCUT2D eigenvalue weighted by atomic mass is 10.1. The van der Waals surface area contributed by atoms with Crippen LogP contribution in [-0.4, -0.2) is 26.3 Å². The van der Waals surface area contributed by atoms with Gasteiger partial charge >= 0.3 is 5.69 Å². The van der Waals surface area contributed by atoms with Crippen LogP contribution in [0.1, 0.15) is 39.3 Å². The van der Waals surface area contributed by atoms with Crippen LogP contribution in [0.4, 0.5) is 0 Å². The number of imidazole rings is 1. The Morgan fingerprint density at radius 3 is 1.90 bits per heavy atom. The Balaban J connectivity index is 3.28. The molecule has 2 atom stereocenters. The summed E-state index contributed by atoms with van der Waals surface area (Å²) in [5.41, 5.74) is 5.53. The highest BCUT2D eigenvalue weighted by atomic mass is 16.3.